The molecule has 0 aliphatic carbocycles. The number of likely N-dealkylation sites (tertiary alicyclic amines) is 1. The highest BCUT2D eigenvalue weighted by molar-refractivity contribution is 5.95. The van der Waals surface area contributed by atoms with E-state index in [2.05, 4.69) is 23.8 Å². The Bertz CT molecular complexity index is 715. The molecule has 3 atom stereocenters. The molecule has 3 N–H and O–H groups in total. The summed E-state index contributed by atoms with van der Waals surface area (Å²) in [6.45, 7) is 7.07. The number of aromatic amines is 1. The number of rotatable bonds is 2. The van der Waals surface area contributed by atoms with E-state index in [9.17, 15) is 9.59 Å². The van der Waals surface area contributed by atoms with Crippen LogP contribution in [0, 0.1) is 12.8 Å². The van der Waals surface area contributed by atoms with Crippen molar-refractivity contribution in [2.24, 2.45) is 5.92 Å². The van der Waals surface area contributed by atoms with E-state index >= 15 is 0 Å². The van der Waals surface area contributed by atoms with Crippen molar-refractivity contribution < 1.29 is 14.3 Å². The smallest absolute Gasteiger partial charge is 0.274 e. The van der Waals surface area contributed by atoms with E-state index in [-0.39, 0.29) is 29.8 Å². The van der Waals surface area contributed by atoms with Crippen LogP contribution in [0.3, 0.4) is 0 Å². The molecule has 0 radical (unpaired) electrons. The number of aromatic nitrogens is 2. The number of nitrogens with two attached hydrogens (primary N) is 1. The van der Waals surface area contributed by atoms with Crippen molar-refractivity contribution in [1.29, 1.82) is 0 Å². The van der Waals surface area contributed by atoms with Crippen LogP contribution in [0.15, 0.2) is 0 Å². The molecule has 24 heavy (non-hydrogen) atoms. The summed E-state index contributed by atoms with van der Waals surface area (Å²) in [4.78, 5) is 36.2. The number of nitrogens with zero attached hydrogens (tertiary/aromatic N) is 3. The second-order valence-electron chi connectivity index (χ2n) is 7.30. The molecule has 0 unspecified atom stereocenters. The molecule has 8 nitrogen and oxygen atoms in total. The van der Waals surface area contributed by atoms with E-state index in [4.69, 9.17) is 10.5 Å². The second kappa shape index (κ2) is 4.95. The zero-order chi connectivity index (χ0) is 17.2. The van der Waals surface area contributed by atoms with Gasteiger partial charge in [0, 0.05) is 18.7 Å². The van der Waals surface area contributed by atoms with E-state index in [0.29, 0.717) is 43.3 Å². The monoisotopic (exact) mass is 333 g/mol. The number of carbonyl (C=O) groups excluding carboxylic acids is 2. The third-order valence-electron chi connectivity index (χ3n) is 5.62. The predicted molar refractivity (Wildman–Crippen MR) is 86.0 cm³/mol. The SMILES string of the molecule is Cc1[nH]c(N)nc1C(=O)N1CC[C@@]23OC[C@@H](C(C)C)N2C(=O)C[C@@H]13. The van der Waals surface area contributed by atoms with Gasteiger partial charge in [-0.15, -0.1) is 0 Å². The number of H-pyrrole nitrogens is 1. The number of aryl methyl sites for hydroxylation is 1. The summed E-state index contributed by atoms with van der Waals surface area (Å²) in [5.74, 6) is 0.441. The Balaban J connectivity index is 1.66. The summed E-state index contributed by atoms with van der Waals surface area (Å²) in [5, 5.41) is 0. The number of carbonyl (C=O) groups is 2. The Kier molecular flexibility index (Phi) is 3.19. The minimum Gasteiger partial charge on any atom is -0.369 e. The molecule has 1 aromatic rings. The molecule has 3 saturated heterocycles. The van der Waals surface area contributed by atoms with Gasteiger partial charge in [0.15, 0.2) is 17.4 Å². The number of amides is 2. The highest BCUT2D eigenvalue weighted by Crippen LogP contribution is 2.49. The minimum atomic E-state index is -0.655. The normalized spacial score (nSPS) is 31.9. The van der Waals surface area contributed by atoms with Crippen LogP contribution in [0.2, 0.25) is 0 Å². The van der Waals surface area contributed by atoms with Crippen molar-refractivity contribution in [3.63, 3.8) is 0 Å². The summed E-state index contributed by atoms with van der Waals surface area (Å²) in [7, 11) is 0. The predicted octanol–water partition coefficient (Wildman–Crippen LogP) is 0.498. The average molecular weight is 333 g/mol. The van der Waals surface area contributed by atoms with Crippen LogP contribution in [-0.2, 0) is 9.53 Å². The van der Waals surface area contributed by atoms with Gasteiger partial charge in [-0.05, 0) is 12.8 Å². The topological polar surface area (TPSA) is 105 Å². The maximum atomic E-state index is 12.9. The van der Waals surface area contributed by atoms with Gasteiger partial charge in [0.05, 0.1) is 25.1 Å². The van der Waals surface area contributed by atoms with E-state index < -0.39 is 5.72 Å². The third-order valence-corrected chi connectivity index (χ3v) is 5.62. The van der Waals surface area contributed by atoms with Gasteiger partial charge < -0.3 is 25.3 Å². The van der Waals surface area contributed by atoms with Crippen molar-refractivity contribution in [2.45, 2.75) is 51.4 Å². The number of imidazole rings is 1. The summed E-state index contributed by atoms with van der Waals surface area (Å²) in [6, 6.07) is -0.168. The summed E-state index contributed by atoms with van der Waals surface area (Å²) < 4.78 is 6.14. The zero-order valence-electron chi connectivity index (χ0n) is 14.2. The summed E-state index contributed by atoms with van der Waals surface area (Å²) >= 11 is 0. The molecular weight excluding hydrogens is 310 g/mol. The van der Waals surface area contributed by atoms with Crippen LogP contribution in [0.25, 0.3) is 0 Å². The van der Waals surface area contributed by atoms with Gasteiger partial charge in [-0.3, -0.25) is 9.59 Å². The van der Waals surface area contributed by atoms with Gasteiger partial charge in [0.2, 0.25) is 5.91 Å². The molecule has 8 heteroatoms. The first-order chi connectivity index (χ1) is 11.3. The van der Waals surface area contributed by atoms with Crippen molar-refractivity contribution in [2.75, 3.05) is 18.9 Å². The van der Waals surface area contributed by atoms with Crippen molar-refractivity contribution in [3.05, 3.63) is 11.4 Å². The molecule has 130 valence electrons. The van der Waals surface area contributed by atoms with Crippen LogP contribution in [0.5, 0.6) is 0 Å². The van der Waals surface area contributed by atoms with E-state index in [1.165, 1.54) is 0 Å². The fraction of sp³-hybridized carbons (Fsp3) is 0.688. The molecule has 1 spiro atoms. The molecule has 4 heterocycles. The first-order valence-corrected chi connectivity index (χ1v) is 8.44. The fourth-order valence-corrected chi connectivity index (χ4v) is 4.44. The molecule has 3 aliphatic heterocycles. The maximum absolute atomic E-state index is 12.9. The molecule has 4 rings (SSSR count). The number of hydrogen-bond donors (Lipinski definition) is 2. The summed E-state index contributed by atoms with van der Waals surface area (Å²) in [6.07, 6.45) is 0.964. The van der Waals surface area contributed by atoms with Gasteiger partial charge in [0.25, 0.3) is 5.91 Å². The van der Waals surface area contributed by atoms with E-state index in [1.54, 1.807) is 11.8 Å². The lowest BCUT2D eigenvalue weighted by Crippen LogP contribution is -2.51. The van der Waals surface area contributed by atoms with Crippen LogP contribution in [0.4, 0.5) is 5.95 Å². The number of nitrogens with one attached hydrogen (secondary N) is 1. The number of anilines is 1. The van der Waals surface area contributed by atoms with Crippen molar-refractivity contribution in [1.82, 2.24) is 19.8 Å². The zero-order valence-corrected chi connectivity index (χ0v) is 14.2. The molecular formula is C16H23N5O3. The van der Waals surface area contributed by atoms with Crippen LogP contribution < -0.4 is 5.73 Å². The Morgan fingerprint density at radius 1 is 1.50 bits per heavy atom. The van der Waals surface area contributed by atoms with Crippen LogP contribution >= 0.6 is 0 Å². The largest absolute Gasteiger partial charge is 0.369 e. The Labute approximate surface area is 140 Å². The molecule has 0 saturated carbocycles. The van der Waals surface area contributed by atoms with Crippen molar-refractivity contribution in [3.8, 4) is 0 Å². The van der Waals surface area contributed by atoms with Crippen LogP contribution in [-0.4, -0.2) is 62.5 Å². The maximum Gasteiger partial charge on any atom is 0.274 e. The first-order valence-electron chi connectivity index (χ1n) is 8.44. The molecule has 0 aromatic carbocycles. The first kappa shape index (κ1) is 15.4. The van der Waals surface area contributed by atoms with Crippen LogP contribution in [0.1, 0.15) is 42.9 Å². The third kappa shape index (κ3) is 1.86. The Morgan fingerprint density at radius 2 is 2.25 bits per heavy atom. The number of hydrogen-bond acceptors (Lipinski definition) is 5. The van der Waals surface area contributed by atoms with E-state index in [1.807, 2.05) is 4.90 Å². The van der Waals surface area contributed by atoms with Gasteiger partial charge in [-0.25, -0.2) is 4.98 Å². The number of nitrogen functional groups attached to an aromatic ring is 1. The molecule has 2 amide bonds. The number of ether oxygens (including phenoxy) is 1. The fourth-order valence-electron chi connectivity index (χ4n) is 4.44. The highest BCUT2D eigenvalue weighted by atomic mass is 16.5. The molecule has 0 bridgehead atoms. The minimum absolute atomic E-state index is 0.0759. The lowest BCUT2D eigenvalue weighted by molar-refractivity contribution is -0.139. The van der Waals surface area contributed by atoms with Gasteiger partial charge in [-0.2, -0.15) is 0 Å². The average Bonchev–Trinajstić information content (AvgIpc) is 3.20. The Hall–Kier alpha value is -2.09. The quantitative estimate of drug-likeness (QED) is 0.820. The molecule has 3 fully saturated rings. The molecule has 3 aliphatic rings. The highest BCUT2D eigenvalue weighted by Gasteiger charge is 2.65. The van der Waals surface area contributed by atoms with Gasteiger partial charge in [-0.1, -0.05) is 13.8 Å². The van der Waals surface area contributed by atoms with Gasteiger partial charge in [0.1, 0.15) is 0 Å². The lowest BCUT2D eigenvalue weighted by atomic mass is 10.0. The Morgan fingerprint density at radius 3 is 2.88 bits per heavy atom. The lowest BCUT2D eigenvalue weighted by Gasteiger charge is -2.34. The van der Waals surface area contributed by atoms with Crippen molar-refractivity contribution >= 4 is 17.8 Å². The second-order valence-corrected chi connectivity index (χ2v) is 7.30. The van der Waals surface area contributed by atoms with E-state index in [0.717, 1.165) is 0 Å². The standard InChI is InChI=1S/C16H23N5O3/c1-8(2)10-7-24-16-4-5-20(11(16)6-12(22)21(10)16)14(23)13-9(3)18-15(17)19-13/h8,10-11H,4-7H2,1-3H3,(H3,17,18,19)/t10-,11+,16-/m0/s1. The summed E-state index contributed by atoms with van der Waals surface area (Å²) in [5.41, 5.74) is 5.97. The molecule has 1 aromatic heterocycles. The van der Waals surface area contributed by atoms with Gasteiger partial charge >= 0.3 is 0 Å².